The molecule has 2 aliphatic heterocycles. The molecule has 0 aromatic rings. The van der Waals surface area contributed by atoms with E-state index in [2.05, 4.69) is 10.2 Å². The Morgan fingerprint density at radius 1 is 1.50 bits per heavy atom. The van der Waals surface area contributed by atoms with Crippen LogP contribution >= 0.6 is 0 Å². The Hall–Kier alpha value is -0.610. The Morgan fingerprint density at radius 3 is 2.94 bits per heavy atom. The SMILES string of the molecule is CC(C)C(=O)NC1CC(O)C2CCCN2C1. The zero-order valence-electron chi connectivity index (χ0n) is 10.1. The third-order valence-electron chi connectivity index (χ3n) is 3.71. The highest BCUT2D eigenvalue weighted by Crippen LogP contribution is 2.27. The summed E-state index contributed by atoms with van der Waals surface area (Å²) in [4.78, 5) is 13.9. The maximum Gasteiger partial charge on any atom is 0.222 e. The first kappa shape index (κ1) is 11.9. The Balaban J connectivity index is 1.90. The lowest BCUT2D eigenvalue weighted by atomic mass is 9.95. The number of hydrogen-bond donors (Lipinski definition) is 2. The van der Waals surface area contributed by atoms with E-state index in [1.165, 1.54) is 6.42 Å². The molecule has 0 bridgehead atoms. The van der Waals surface area contributed by atoms with Crippen molar-refractivity contribution in [2.45, 2.75) is 51.3 Å². The van der Waals surface area contributed by atoms with Gasteiger partial charge in [0, 0.05) is 24.5 Å². The molecule has 0 spiro atoms. The summed E-state index contributed by atoms with van der Waals surface area (Å²) in [5.74, 6) is 0.114. The molecule has 2 aliphatic rings. The third kappa shape index (κ3) is 2.38. The van der Waals surface area contributed by atoms with Crippen molar-refractivity contribution in [3.63, 3.8) is 0 Å². The molecule has 4 heteroatoms. The number of aliphatic hydroxyl groups is 1. The summed E-state index contributed by atoms with van der Waals surface area (Å²) in [7, 11) is 0. The summed E-state index contributed by atoms with van der Waals surface area (Å²) in [5.41, 5.74) is 0. The Morgan fingerprint density at radius 2 is 2.25 bits per heavy atom. The predicted octanol–water partition coefficient (Wildman–Crippen LogP) is 0.356. The maximum absolute atomic E-state index is 11.6. The van der Waals surface area contributed by atoms with E-state index in [-0.39, 0.29) is 24.0 Å². The Kier molecular flexibility index (Phi) is 3.50. The molecule has 16 heavy (non-hydrogen) atoms. The Bertz CT molecular complexity index is 268. The molecular weight excluding hydrogens is 204 g/mol. The number of nitrogens with one attached hydrogen (secondary N) is 1. The van der Waals surface area contributed by atoms with E-state index in [0.717, 1.165) is 19.5 Å². The van der Waals surface area contributed by atoms with Gasteiger partial charge in [-0.1, -0.05) is 13.8 Å². The van der Waals surface area contributed by atoms with Gasteiger partial charge < -0.3 is 10.4 Å². The highest BCUT2D eigenvalue weighted by molar-refractivity contribution is 5.78. The topological polar surface area (TPSA) is 52.6 Å². The fourth-order valence-corrected chi connectivity index (χ4v) is 2.79. The summed E-state index contributed by atoms with van der Waals surface area (Å²) in [6.45, 7) is 5.76. The number of rotatable bonds is 2. The van der Waals surface area contributed by atoms with Gasteiger partial charge in [0.15, 0.2) is 0 Å². The quantitative estimate of drug-likeness (QED) is 0.714. The van der Waals surface area contributed by atoms with Crippen LogP contribution in [0.2, 0.25) is 0 Å². The second-order valence-corrected chi connectivity index (χ2v) is 5.37. The molecule has 2 N–H and O–H groups in total. The van der Waals surface area contributed by atoms with Crippen molar-refractivity contribution in [3.05, 3.63) is 0 Å². The highest BCUT2D eigenvalue weighted by atomic mass is 16.3. The van der Waals surface area contributed by atoms with Crippen molar-refractivity contribution < 1.29 is 9.90 Å². The number of aliphatic hydroxyl groups excluding tert-OH is 1. The number of hydrogen-bond acceptors (Lipinski definition) is 3. The van der Waals surface area contributed by atoms with Crippen LogP contribution in [0.25, 0.3) is 0 Å². The molecule has 2 saturated heterocycles. The van der Waals surface area contributed by atoms with Gasteiger partial charge in [0.25, 0.3) is 0 Å². The van der Waals surface area contributed by atoms with Crippen LogP contribution in [-0.4, -0.2) is 47.2 Å². The lowest BCUT2D eigenvalue weighted by molar-refractivity contribution is -0.125. The van der Waals surface area contributed by atoms with Crippen molar-refractivity contribution in [1.82, 2.24) is 10.2 Å². The highest BCUT2D eigenvalue weighted by Gasteiger charge is 2.38. The van der Waals surface area contributed by atoms with E-state index in [1.807, 2.05) is 13.8 Å². The van der Waals surface area contributed by atoms with Gasteiger partial charge in [-0.05, 0) is 25.8 Å². The number of fused-ring (bicyclic) bond motifs is 1. The van der Waals surface area contributed by atoms with Gasteiger partial charge in [-0.25, -0.2) is 0 Å². The van der Waals surface area contributed by atoms with Gasteiger partial charge in [-0.3, -0.25) is 9.69 Å². The van der Waals surface area contributed by atoms with Crippen LogP contribution in [0.15, 0.2) is 0 Å². The predicted molar refractivity (Wildman–Crippen MR) is 62.0 cm³/mol. The molecular formula is C12H22N2O2. The molecule has 0 aromatic carbocycles. The zero-order valence-corrected chi connectivity index (χ0v) is 10.1. The first-order valence-corrected chi connectivity index (χ1v) is 6.30. The van der Waals surface area contributed by atoms with Gasteiger partial charge in [-0.15, -0.1) is 0 Å². The lowest BCUT2D eigenvalue weighted by Gasteiger charge is -2.39. The van der Waals surface area contributed by atoms with Crippen LogP contribution in [-0.2, 0) is 4.79 Å². The summed E-state index contributed by atoms with van der Waals surface area (Å²) >= 11 is 0. The van der Waals surface area contributed by atoms with Crippen molar-refractivity contribution >= 4 is 5.91 Å². The molecule has 2 rings (SSSR count). The standard InChI is InChI=1S/C12H22N2O2/c1-8(2)12(16)13-9-6-11(15)10-4-3-5-14(10)7-9/h8-11,15H,3-7H2,1-2H3,(H,13,16). The molecule has 0 radical (unpaired) electrons. The fraction of sp³-hybridized carbons (Fsp3) is 0.917. The van der Waals surface area contributed by atoms with Crippen molar-refractivity contribution in [2.24, 2.45) is 5.92 Å². The van der Waals surface area contributed by atoms with E-state index in [9.17, 15) is 9.90 Å². The van der Waals surface area contributed by atoms with Crippen molar-refractivity contribution in [1.29, 1.82) is 0 Å². The van der Waals surface area contributed by atoms with Crippen LogP contribution in [0.4, 0.5) is 0 Å². The van der Waals surface area contributed by atoms with Gasteiger partial charge in [0.05, 0.1) is 6.10 Å². The smallest absolute Gasteiger partial charge is 0.222 e. The third-order valence-corrected chi connectivity index (χ3v) is 3.71. The molecule has 2 heterocycles. The van der Waals surface area contributed by atoms with Crippen LogP contribution in [0.1, 0.15) is 33.1 Å². The van der Waals surface area contributed by atoms with Gasteiger partial charge in [0.1, 0.15) is 0 Å². The second kappa shape index (κ2) is 4.72. The van der Waals surface area contributed by atoms with E-state index in [0.29, 0.717) is 12.5 Å². The molecule has 0 aromatic heterocycles. The molecule has 92 valence electrons. The summed E-state index contributed by atoms with van der Waals surface area (Å²) < 4.78 is 0. The minimum absolute atomic E-state index is 0.0217. The number of amides is 1. The van der Waals surface area contributed by atoms with Crippen LogP contribution < -0.4 is 5.32 Å². The first-order chi connectivity index (χ1) is 7.58. The Labute approximate surface area is 97.0 Å². The average Bonchev–Trinajstić information content (AvgIpc) is 2.65. The average molecular weight is 226 g/mol. The maximum atomic E-state index is 11.6. The molecule has 1 amide bonds. The molecule has 0 saturated carbocycles. The van der Waals surface area contributed by atoms with Gasteiger partial charge in [0.2, 0.25) is 5.91 Å². The molecule has 0 aliphatic carbocycles. The summed E-state index contributed by atoms with van der Waals surface area (Å²) in [5, 5.41) is 13.0. The van der Waals surface area contributed by atoms with E-state index in [4.69, 9.17) is 0 Å². The minimum atomic E-state index is -0.270. The van der Waals surface area contributed by atoms with Crippen LogP contribution in [0.5, 0.6) is 0 Å². The monoisotopic (exact) mass is 226 g/mol. The van der Waals surface area contributed by atoms with Crippen LogP contribution in [0.3, 0.4) is 0 Å². The van der Waals surface area contributed by atoms with Gasteiger partial charge >= 0.3 is 0 Å². The number of piperidine rings is 1. The summed E-state index contributed by atoms with van der Waals surface area (Å²) in [6, 6.07) is 0.464. The van der Waals surface area contributed by atoms with Crippen molar-refractivity contribution in [2.75, 3.05) is 13.1 Å². The first-order valence-electron chi connectivity index (χ1n) is 6.30. The number of carbonyl (C=O) groups is 1. The summed E-state index contributed by atoms with van der Waals surface area (Å²) in [6.07, 6.45) is 2.71. The van der Waals surface area contributed by atoms with E-state index >= 15 is 0 Å². The number of carbonyl (C=O) groups excluding carboxylic acids is 1. The second-order valence-electron chi connectivity index (χ2n) is 5.37. The van der Waals surface area contributed by atoms with E-state index in [1.54, 1.807) is 0 Å². The van der Waals surface area contributed by atoms with Crippen molar-refractivity contribution in [3.8, 4) is 0 Å². The molecule has 4 nitrogen and oxygen atoms in total. The van der Waals surface area contributed by atoms with Crippen LogP contribution in [0, 0.1) is 5.92 Å². The lowest BCUT2D eigenvalue weighted by Crippen LogP contribution is -2.55. The molecule has 3 unspecified atom stereocenters. The largest absolute Gasteiger partial charge is 0.391 e. The number of nitrogens with zero attached hydrogens (tertiary/aromatic N) is 1. The zero-order chi connectivity index (χ0) is 11.7. The fourth-order valence-electron chi connectivity index (χ4n) is 2.79. The van der Waals surface area contributed by atoms with E-state index < -0.39 is 0 Å². The minimum Gasteiger partial charge on any atom is -0.391 e. The van der Waals surface area contributed by atoms with Gasteiger partial charge in [-0.2, -0.15) is 0 Å². The molecule has 3 atom stereocenters. The molecule has 2 fully saturated rings. The normalized spacial score (nSPS) is 35.1.